The zero-order chi connectivity index (χ0) is 14.9. The Morgan fingerprint density at radius 1 is 1.19 bits per heavy atom. The molecule has 1 aliphatic carbocycles. The van der Waals surface area contributed by atoms with Crippen LogP contribution in [0, 0.1) is 5.82 Å². The Balaban J connectivity index is 2.00. The third-order valence-corrected chi connectivity index (χ3v) is 4.90. The van der Waals surface area contributed by atoms with Gasteiger partial charge in [0.15, 0.2) is 0 Å². The Labute approximate surface area is 129 Å². The molecule has 2 N–H and O–H groups in total. The molecule has 0 radical (unpaired) electrons. The number of fused-ring (bicyclic) bond motifs is 1. The van der Waals surface area contributed by atoms with Crippen molar-refractivity contribution in [1.29, 1.82) is 0 Å². The Morgan fingerprint density at radius 3 is 2.76 bits per heavy atom. The molecule has 0 bridgehead atoms. The standard InChI is InChI=1S/C18H19ClFN/c19-16-10-13(7-8-17(16)20)11-18(12-21)9-3-5-14-4-1-2-6-15(14)18/h1-2,4,6-8,10H,3,5,9,11-12,21H2. The van der Waals surface area contributed by atoms with Gasteiger partial charge < -0.3 is 5.73 Å². The summed E-state index contributed by atoms with van der Waals surface area (Å²) in [5.74, 6) is -0.369. The first-order valence-electron chi connectivity index (χ1n) is 7.37. The summed E-state index contributed by atoms with van der Waals surface area (Å²) < 4.78 is 13.3. The van der Waals surface area contributed by atoms with Crippen molar-refractivity contribution >= 4 is 11.6 Å². The fourth-order valence-electron chi connectivity index (χ4n) is 3.52. The molecular formula is C18H19ClFN. The van der Waals surface area contributed by atoms with E-state index >= 15 is 0 Å². The van der Waals surface area contributed by atoms with Crippen LogP contribution < -0.4 is 5.73 Å². The summed E-state index contributed by atoms with van der Waals surface area (Å²) in [5.41, 5.74) is 9.88. The first-order valence-corrected chi connectivity index (χ1v) is 7.75. The average molecular weight is 304 g/mol. The highest BCUT2D eigenvalue weighted by Gasteiger charge is 2.35. The van der Waals surface area contributed by atoms with E-state index in [-0.39, 0.29) is 16.3 Å². The second-order valence-corrected chi connectivity index (χ2v) is 6.33. The van der Waals surface area contributed by atoms with Gasteiger partial charge in [-0.2, -0.15) is 0 Å². The van der Waals surface area contributed by atoms with Crippen LogP contribution in [0.3, 0.4) is 0 Å². The first kappa shape index (κ1) is 14.6. The summed E-state index contributed by atoms with van der Waals surface area (Å²) in [6.07, 6.45) is 4.13. The van der Waals surface area contributed by atoms with Gasteiger partial charge in [0.05, 0.1) is 5.02 Å². The fraction of sp³-hybridized carbons (Fsp3) is 0.333. The maximum Gasteiger partial charge on any atom is 0.141 e. The van der Waals surface area contributed by atoms with Crippen LogP contribution in [0.2, 0.25) is 5.02 Å². The molecule has 21 heavy (non-hydrogen) atoms. The molecule has 0 aliphatic heterocycles. The van der Waals surface area contributed by atoms with Gasteiger partial charge in [0.25, 0.3) is 0 Å². The lowest BCUT2D eigenvalue weighted by Gasteiger charge is -2.38. The topological polar surface area (TPSA) is 26.0 Å². The van der Waals surface area contributed by atoms with Gasteiger partial charge in [-0.15, -0.1) is 0 Å². The Hall–Kier alpha value is -1.38. The molecule has 1 unspecified atom stereocenters. The Morgan fingerprint density at radius 2 is 2.00 bits per heavy atom. The van der Waals surface area contributed by atoms with Crippen LogP contribution in [0.1, 0.15) is 29.5 Å². The summed E-state index contributed by atoms with van der Waals surface area (Å²) in [5, 5.41) is 0.184. The van der Waals surface area contributed by atoms with E-state index in [1.54, 1.807) is 6.07 Å². The van der Waals surface area contributed by atoms with Crippen LogP contribution in [-0.4, -0.2) is 6.54 Å². The summed E-state index contributed by atoms with van der Waals surface area (Å²) in [7, 11) is 0. The molecule has 0 aromatic heterocycles. The Kier molecular flexibility index (Phi) is 4.01. The van der Waals surface area contributed by atoms with Crippen molar-refractivity contribution < 1.29 is 4.39 Å². The summed E-state index contributed by atoms with van der Waals surface area (Å²) >= 11 is 5.91. The zero-order valence-corrected chi connectivity index (χ0v) is 12.7. The zero-order valence-electron chi connectivity index (χ0n) is 11.9. The molecular weight excluding hydrogens is 285 g/mol. The predicted molar refractivity (Wildman–Crippen MR) is 85.2 cm³/mol. The largest absolute Gasteiger partial charge is 0.330 e. The number of halogens is 2. The second kappa shape index (κ2) is 5.78. The first-order chi connectivity index (χ1) is 10.1. The van der Waals surface area contributed by atoms with Gasteiger partial charge in [0.1, 0.15) is 5.82 Å². The van der Waals surface area contributed by atoms with Crippen LogP contribution in [0.15, 0.2) is 42.5 Å². The van der Waals surface area contributed by atoms with E-state index in [0.717, 1.165) is 31.2 Å². The molecule has 2 aromatic rings. The van der Waals surface area contributed by atoms with Crippen molar-refractivity contribution in [3.63, 3.8) is 0 Å². The molecule has 0 fully saturated rings. The van der Waals surface area contributed by atoms with Crippen molar-refractivity contribution in [2.24, 2.45) is 5.73 Å². The maximum atomic E-state index is 13.3. The highest BCUT2D eigenvalue weighted by atomic mass is 35.5. The molecule has 3 rings (SSSR count). The third kappa shape index (κ3) is 2.70. The molecule has 110 valence electrons. The summed E-state index contributed by atoms with van der Waals surface area (Å²) in [4.78, 5) is 0. The third-order valence-electron chi connectivity index (χ3n) is 4.61. The van der Waals surface area contributed by atoms with Gasteiger partial charge in [0.2, 0.25) is 0 Å². The second-order valence-electron chi connectivity index (χ2n) is 5.92. The van der Waals surface area contributed by atoms with Crippen molar-refractivity contribution in [3.05, 3.63) is 70.0 Å². The number of aryl methyl sites for hydroxylation is 1. The highest BCUT2D eigenvalue weighted by Crippen LogP contribution is 2.39. The van der Waals surface area contributed by atoms with E-state index in [0.29, 0.717) is 6.54 Å². The van der Waals surface area contributed by atoms with Gasteiger partial charge in [-0.3, -0.25) is 0 Å². The quantitative estimate of drug-likeness (QED) is 0.901. The number of nitrogens with two attached hydrogens (primary N) is 1. The predicted octanol–water partition coefficient (Wildman–Crippen LogP) is 4.25. The number of rotatable bonds is 3. The minimum absolute atomic E-state index is 0.0595. The smallest absolute Gasteiger partial charge is 0.141 e. The molecule has 0 saturated heterocycles. The van der Waals surface area contributed by atoms with Crippen molar-refractivity contribution in [2.45, 2.75) is 31.1 Å². The molecule has 0 heterocycles. The average Bonchev–Trinajstić information content (AvgIpc) is 2.51. The van der Waals surface area contributed by atoms with Crippen LogP contribution in [-0.2, 0) is 18.3 Å². The number of hydrogen-bond acceptors (Lipinski definition) is 1. The molecule has 0 saturated carbocycles. The van der Waals surface area contributed by atoms with E-state index in [1.165, 1.54) is 17.2 Å². The molecule has 0 spiro atoms. The molecule has 1 nitrogen and oxygen atoms in total. The van der Waals surface area contributed by atoms with Crippen molar-refractivity contribution in [2.75, 3.05) is 6.54 Å². The molecule has 2 aromatic carbocycles. The van der Waals surface area contributed by atoms with E-state index in [1.807, 2.05) is 6.07 Å². The van der Waals surface area contributed by atoms with Crippen LogP contribution >= 0.6 is 11.6 Å². The minimum Gasteiger partial charge on any atom is -0.330 e. The molecule has 1 aliphatic rings. The van der Waals surface area contributed by atoms with Gasteiger partial charge in [-0.1, -0.05) is 41.9 Å². The minimum atomic E-state index is -0.369. The van der Waals surface area contributed by atoms with E-state index in [4.69, 9.17) is 17.3 Å². The van der Waals surface area contributed by atoms with E-state index in [9.17, 15) is 4.39 Å². The maximum absolute atomic E-state index is 13.3. The molecule has 1 atom stereocenters. The molecule has 0 amide bonds. The monoisotopic (exact) mass is 303 g/mol. The number of hydrogen-bond donors (Lipinski definition) is 1. The van der Waals surface area contributed by atoms with Crippen molar-refractivity contribution in [3.8, 4) is 0 Å². The highest BCUT2D eigenvalue weighted by molar-refractivity contribution is 6.30. The molecule has 3 heteroatoms. The Bertz CT molecular complexity index is 655. The van der Waals surface area contributed by atoms with Crippen molar-refractivity contribution in [1.82, 2.24) is 0 Å². The van der Waals surface area contributed by atoms with Gasteiger partial charge in [-0.25, -0.2) is 4.39 Å². The van der Waals surface area contributed by atoms with Gasteiger partial charge >= 0.3 is 0 Å². The van der Waals surface area contributed by atoms with E-state index in [2.05, 4.69) is 24.3 Å². The fourth-order valence-corrected chi connectivity index (χ4v) is 3.72. The number of benzene rings is 2. The van der Waals surface area contributed by atoms with Crippen LogP contribution in [0.25, 0.3) is 0 Å². The normalized spacial score (nSPS) is 21.1. The summed E-state index contributed by atoms with van der Waals surface area (Å²) in [6.45, 7) is 0.596. The van der Waals surface area contributed by atoms with Gasteiger partial charge in [0, 0.05) is 12.0 Å². The lowest BCUT2D eigenvalue weighted by molar-refractivity contribution is 0.365. The van der Waals surface area contributed by atoms with E-state index < -0.39 is 0 Å². The SMILES string of the molecule is NCC1(Cc2ccc(F)c(Cl)c2)CCCc2ccccc21. The van der Waals surface area contributed by atoms with Crippen LogP contribution in [0.5, 0.6) is 0 Å². The summed E-state index contributed by atoms with van der Waals surface area (Å²) in [6, 6.07) is 13.5. The van der Waals surface area contributed by atoms with Crippen LogP contribution in [0.4, 0.5) is 4.39 Å². The lowest BCUT2D eigenvalue weighted by atomic mass is 9.67. The lowest BCUT2D eigenvalue weighted by Crippen LogP contribution is -2.40. The van der Waals surface area contributed by atoms with Gasteiger partial charge in [-0.05, 0) is 54.5 Å².